The molecule has 1 heterocycles. The number of amides is 1. The van der Waals surface area contributed by atoms with Crippen LogP contribution in [0.5, 0.6) is 11.5 Å². The van der Waals surface area contributed by atoms with Crippen LogP contribution < -0.4 is 14.9 Å². The molecule has 35 heavy (non-hydrogen) atoms. The molecular weight excluding hydrogens is 442 g/mol. The highest BCUT2D eigenvalue weighted by Crippen LogP contribution is 2.28. The molecule has 4 rings (SSSR count). The fraction of sp³-hybridized carbons (Fsp3) is 0.107. The Morgan fingerprint density at radius 2 is 1.51 bits per heavy atom. The number of carbonyl (C=O) groups is 2. The first kappa shape index (κ1) is 23.5. The lowest BCUT2D eigenvalue weighted by Crippen LogP contribution is -2.17. The predicted molar refractivity (Wildman–Crippen MR) is 135 cm³/mol. The number of hydrogen-bond donors (Lipinski definition) is 1. The number of rotatable bonds is 7. The van der Waals surface area contributed by atoms with Gasteiger partial charge in [-0.25, -0.2) is 10.2 Å². The minimum Gasteiger partial charge on any atom is -0.493 e. The van der Waals surface area contributed by atoms with Crippen molar-refractivity contribution in [3.8, 4) is 17.2 Å². The van der Waals surface area contributed by atoms with Crippen molar-refractivity contribution < 1.29 is 19.1 Å². The summed E-state index contributed by atoms with van der Waals surface area (Å²) < 4.78 is 12.9. The second kappa shape index (κ2) is 10.5. The number of hydrogen-bond acceptors (Lipinski definition) is 5. The summed E-state index contributed by atoms with van der Waals surface area (Å²) in [5, 5.41) is 4.04. The molecule has 0 unspecified atom stereocenters. The molecule has 0 aliphatic heterocycles. The van der Waals surface area contributed by atoms with E-state index < -0.39 is 5.97 Å². The van der Waals surface area contributed by atoms with Crippen molar-refractivity contribution in [3.63, 3.8) is 0 Å². The van der Waals surface area contributed by atoms with Crippen molar-refractivity contribution in [1.29, 1.82) is 0 Å². The number of methoxy groups -OCH3 is 1. The van der Waals surface area contributed by atoms with E-state index in [1.165, 1.54) is 13.3 Å². The van der Waals surface area contributed by atoms with Crippen LogP contribution in [0.15, 0.2) is 90.0 Å². The third-order valence-corrected chi connectivity index (χ3v) is 5.44. The Hall–Kier alpha value is -4.65. The van der Waals surface area contributed by atoms with E-state index in [-0.39, 0.29) is 11.7 Å². The lowest BCUT2D eigenvalue weighted by molar-refractivity contribution is 0.0729. The predicted octanol–water partition coefficient (Wildman–Crippen LogP) is 5.09. The van der Waals surface area contributed by atoms with Gasteiger partial charge in [0.05, 0.1) is 18.9 Å². The highest BCUT2D eigenvalue weighted by molar-refractivity contribution is 5.95. The summed E-state index contributed by atoms with van der Waals surface area (Å²) in [6.07, 6.45) is 1.49. The van der Waals surface area contributed by atoms with Gasteiger partial charge in [0.1, 0.15) is 0 Å². The zero-order valence-corrected chi connectivity index (χ0v) is 19.7. The van der Waals surface area contributed by atoms with Crippen molar-refractivity contribution in [2.75, 3.05) is 7.11 Å². The van der Waals surface area contributed by atoms with E-state index in [2.05, 4.69) is 27.2 Å². The van der Waals surface area contributed by atoms with Gasteiger partial charge in [-0.05, 0) is 86.1 Å². The minimum atomic E-state index is -0.481. The van der Waals surface area contributed by atoms with E-state index in [1.807, 2.05) is 32.0 Å². The molecule has 1 amide bonds. The van der Waals surface area contributed by atoms with E-state index in [4.69, 9.17) is 9.47 Å². The Balaban J connectivity index is 1.40. The zero-order valence-electron chi connectivity index (χ0n) is 19.7. The topological polar surface area (TPSA) is 81.9 Å². The van der Waals surface area contributed by atoms with Gasteiger partial charge in [-0.3, -0.25) is 4.79 Å². The average Bonchev–Trinajstić information content (AvgIpc) is 3.22. The van der Waals surface area contributed by atoms with Crippen molar-refractivity contribution in [1.82, 2.24) is 9.99 Å². The van der Waals surface area contributed by atoms with Crippen molar-refractivity contribution in [3.05, 3.63) is 113 Å². The molecule has 7 nitrogen and oxygen atoms in total. The normalized spacial score (nSPS) is 10.8. The summed E-state index contributed by atoms with van der Waals surface area (Å²) >= 11 is 0. The highest BCUT2D eigenvalue weighted by Gasteiger charge is 2.12. The molecule has 7 heteroatoms. The van der Waals surface area contributed by atoms with E-state index in [0.717, 1.165) is 17.1 Å². The Kier molecular flexibility index (Phi) is 7.07. The SMILES string of the molecule is COc1cc(C=NNC(=O)c2ccc(-n3c(C)ccc3C)cc2)ccc1OC(=O)c1ccccc1. The van der Waals surface area contributed by atoms with E-state index in [0.29, 0.717) is 22.4 Å². The Morgan fingerprint density at radius 3 is 2.17 bits per heavy atom. The number of hydrazone groups is 1. The standard InChI is InChI=1S/C28H25N3O4/c1-19-9-10-20(2)31(19)24-14-12-22(13-15-24)27(32)30-29-18-21-11-16-25(26(17-21)34-3)35-28(33)23-7-5-4-6-8-23/h4-18H,1-3H3,(H,30,32). The van der Waals surface area contributed by atoms with Gasteiger partial charge in [-0.15, -0.1) is 0 Å². The van der Waals surface area contributed by atoms with Gasteiger partial charge in [-0.2, -0.15) is 5.10 Å². The third-order valence-electron chi connectivity index (χ3n) is 5.44. The number of esters is 1. The van der Waals surface area contributed by atoms with E-state index in [1.54, 1.807) is 54.6 Å². The van der Waals surface area contributed by atoms with Crippen LogP contribution in [0.25, 0.3) is 5.69 Å². The first-order chi connectivity index (χ1) is 17.0. The van der Waals surface area contributed by atoms with Crippen LogP contribution in [0, 0.1) is 13.8 Å². The largest absolute Gasteiger partial charge is 0.493 e. The van der Waals surface area contributed by atoms with Crippen LogP contribution in [0.1, 0.15) is 37.7 Å². The molecule has 0 saturated carbocycles. The fourth-order valence-electron chi connectivity index (χ4n) is 3.65. The van der Waals surface area contributed by atoms with Gasteiger partial charge >= 0.3 is 5.97 Å². The Morgan fingerprint density at radius 1 is 0.829 bits per heavy atom. The molecule has 0 fully saturated rings. The summed E-state index contributed by atoms with van der Waals surface area (Å²) in [7, 11) is 1.48. The molecule has 0 aliphatic rings. The molecule has 176 valence electrons. The number of ether oxygens (including phenoxy) is 2. The molecule has 4 aromatic rings. The van der Waals surface area contributed by atoms with Crippen molar-refractivity contribution in [2.24, 2.45) is 5.10 Å². The number of nitrogens with zero attached hydrogens (tertiary/aromatic N) is 2. The van der Waals surface area contributed by atoms with Gasteiger partial charge in [0.25, 0.3) is 5.91 Å². The molecule has 0 radical (unpaired) electrons. The lowest BCUT2D eigenvalue weighted by atomic mass is 10.2. The first-order valence-electron chi connectivity index (χ1n) is 11.0. The number of aryl methyl sites for hydroxylation is 2. The maximum Gasteiger partial charge on any atom is 0.343 e. The Labute approximate surface area is 203 Å². The van der Waals surface area contributed by atoms with E-state index >= 15 is 0 Å². The molecule has 0 bridgehead atoms. The second-order valence-electron chi connectivity index (χ2n) is 7.86. The molecule has 0 saturated heterocycles. The van der Waals surface area contributed by atoms with Crippen LogP contribution in [0.2, 0.25) is 0 Å². The summed E-state index contributed by atoms with van der Waals surface area (Å²) in [5.74, 6) is -0.147. The van der Waals surface area contributed by atoms with Gasteiger partial charge in [-0.1, -0.05) is 18.2 Å². The average molecular weight is 468 g/mol. The number of nitrogens with one attached hydrogen (secondary N) is 1. The van der Waals surface area contributed by atoms with Crippen LogP contribution in [0.3, 0.4) is 0 Å². The summed E-state index contributed by atoms with van der Waals surface area (Å²) in [6.45, 7) is 4.08. The molecule has 3 aromatic carbocycles. The number of carbonyl (C=O) groups excluding carboxylic acids is 2. The molecular formula is C28H25N3O4. The summed E-state index contributed by atoms with van der Waals surface area (Å²) in [6, 6.07) is 25.1. The van der Waals surface area contributed by atoms with Crippen LogP contribution in [-0.2, 0) is 0 Å². The zero-order chi connectivity index (χ0) is 24.8. The van der Waals surface area contributed by atoms with Crippen LogP contribution in [-0.4, -0.2) is 29.8 Å². The Bertz CT molecular complexity index is 1350. The molecule has 0 spiro atoms. The van der Waals surface area contributed by atoms with Gasteiger partial charge < -0.3 is 14.0 Å². The van der Waals surface area contributed by atoms with Crippen LogP contribution >= 0.6 is 0 Å². The minimum absolute atomic E-state index is 0.288. The molecule has 1 aromatic heterocycles. The highest BCUT2D eigenvalue weighted by atomic mass is 16.6. The van der Waals surface area contributed by atoms with Gasteiger partial charge in [0.15, 0.2) is 11.5 Å². The second-order valence-corrected chi connectivity index (χ2v) is 7.86. The van der Waals surface area contributed by atoms with E-state index in [9.17, 15) is 9.59 Å². The van der Waals surface area contributed by atoms with Gasteiger partial charge in [0, 0.05) is 22.6 Å². The van der Waals surface area contributed by atoms with Crippen molar-refractivity contribution in [2.45, 2.75) is 13.8 Å². The smallest absolute Gasteiger partial charge is 0.343 e. The van der Waals surface area contributed by atoms with Crippen LogP contribution in [0.4, 0.5) is 0 Å². The maximum absolute atomic E-state index is 12.5. The monoisotopic (exact) mass is 467 g/mol. The number of benzene rings is 3. The summed E-state index contributed by atoms with van der Waals surface area (Å²) in [5.41, 5.74) is 7.37. The van der Waals surface area contributed by atoms with Crippen molar-refractivity contribution >= 4 is 18.1 Å². The molecule has 0 atom stereocenters. The molecule has 1 N–H and O–H groups in total. The summed E-state index contributed by atoms with van der Waals surface area (Å²) in [4.78, 5) is 24.8. The third kappa shape index (κ3) is 5.47. The van der Waals surface area contributed by atoms with Gasteiger partial charge in [0.2, 0.25) is 0 Å². The lowest BCUT2D eigenvalue weighted by Gasteiger charge is -2.10. The number of aromatic nitrogens is 1. The maximum atomic E-state index is 12.5. The quantitative estimate of drug-likeness (QED) is 0.178. The first-order valence-corrected chi connectivity index (χ1v) is 11.0. The molecule has 0 aliphatic carbocycles. The fourth-order valence-corrected chi connectivity index (χ4v) is 3.65.